The third-order valence-corrected chi connectivity index (χ3v) is 3.45. The van der Waals surface area contributed by atoms with E-state index >= 15 is 0 Å². The van der Waals surface area contributed by atoms with Crippen molar-refractivity contribution in [2.75, 3.05) is 0 Å². The van der Waals surface area contributed by atoms with Crippen molar-refractivity contribution in [3.8, 4) is 11.1 Å². The maximum atomic E-state index is 9.34. The molecule has 1 aliphatic carbocycles. The molecule has 0 unspecified atom stereocenters. The molecule has 2 heteroatoms. The van der Waals surface area contributed by atoms with Crippen molar-refractivity contribution in [1.82, 2.24) is 0 Å². The third kappa shape index (κ3) is 1.57. The van der Waals surface area contributed by atoms with E-state index in [4.69, 9.17) is 5.11 Å². The highest BCUT2D eigenvalue weighted by atomic mass is 16.3. The van der Waals surface area contributed by atoms with Crippen molar-refractivity contribution in [3.05, 3.63) is 58.7 Å². The fourth-order valence-electron chi connectivity index (χ4n) is 2.59. The summed E-state index contributed by atoms with van der Waals surface area (Å²) in [6.07, 6.45) is 0.856. The average Bonchev–Trinajstić information content (AvgIpc) is 2.75. The minimum atomic E-state index is 0.0798. The Labute approximate surface area is 100 Å². The van der Waals surface area contributed by atoms with Crippen LogP contribution in [-0.4, -0.2) is 10.2 Å². The number of rotatable bonds is 2. The SMILES string of the molecule is OCc1ccc2c(c1)Cc1c(CO)cccc1-2. The van der Waals surface area contributed by atoms with Gasteiger partial charge < -0.3 is 10.2 Å². The van der Waals surface area contributed by atoms with Crippen LogP contribution in [0, 0.1) is 0 Å². The Morgan fingerprint density at radius 2 is 1.82 bits per heavy atom. The summed E-state index contributed by atoms with van der Waals surface area (Å²) in [5, 5.41) is 18.5. The number of aliphatic hydroxyl groups excluding tert-OH is 2. The molecule has 0 radical (unpaired) electrons. The van der Waals surface area contributed by atoms with Crippen LogP contribution >= 0.6 is 0 Å². The molecule has 17 heavy (non-hydrogen) atoms. The first-order chi connectivity index (χ1) is 8.33. The molecule has 1 aliphatic rings. The van der Waals surface area contributed by atoms with Gasteiger partial charge in [-0.2, -0.15) is 0 Å². The zero-order valence-electron chi connectivity index (χ0n) is 9.48. The topological polar surface area (TPSA) is 40.5 Å². The maximum absolute atomic E-state index is 9.34. The molecule has 2 nitrogen and oxygen atoms in total. The molecule has 0 saturated carbocycles. The van der Waals surface area contributed by atoms with E-state index in [0.717, 1.165) is 17.5 Å². The Morgan fingerprint density at radius 3 is 2.59 bits per heavy atom. The molecular formula is C15H14O2. The molecule has 0 atom stereocenters. The van der Waals surface area contributed by atoms with Gasteiger partial charge in [0, 0.05) is 0 Å². The van der Waals surface area contributed by atoms with Gasteiger partial charge in [0.25, 0.3) is 0 Å². The van der Waals surface area contributed by atoms with Crippen LogP contribution in [0.4, 0.5) is 0 Å². The van der Waals surface area contributed by atoms with Crippen LogP contribution in [-0.2, 0) is 19.6 Å². The highest BCUT2D eigenvalue weighted by Gasteiger charge is 2.20. The second-order valence-electron chi connectivity index (χ2n) is 4.43. The van der Waals surface area contributed by atoms with E-state index in [9.17, 15) is 5.11 Å². The number of hydrogen-bond acceptors (Lipinski definition) is 2. The Balaban J connectivity index is 2.16. The van der Waals surface area contributed by atoms with Crippen molar-refractivity contribution in [1.29, 1.82) is 0 Å². The summed E-state index contributed by atoms with van der Waals surface area (Å²) in [6, 6.07) is 12.1. The van der Waals surface area contributed by atoms with E-state index in [1.807, 2.05) is 18.2 Å². The molecule has 0 heterocycles. The molecule has 0 spiro atoms. The summed E-state index contributed by atoms with van der Waals surface area (Å²) in [7, 11) is 0. The molecule has 0 bridgehead atoms. The summed E-state index contributed by atoms with van der Waals surface area (Å²) in [5.74, 6) is 0. The van der Waals surface area contributed by atoms with Gasteiger partial charge in [0.15, 0.2) is 0 Å². The second-order valence-corrected chi connectivity index (χ2v) is 4.43. The van der Waals surface area contributed by atoms with Crippen LogP contribution in [0.5, 0.6) is 0 Å². The van der Waals surface area contributed by atoms with E-state index in [1.165, 1.54) is 22.3 Å². The van der Waals surface area contributed by atoms with Crippen LogP contribution in [0.25, 0.3) is 11.1 Å². The average molecular weight is 226 g/mol. The van der Waals surface area contributed by atoms with Crippen LogP contribution < -0.4 is 0 Å². The standard InChI is InChI=1S/C15H14O2/c16-8-10-4-5-13-12(6-10)7-15-11(9-17)2-1-3-14(13)15/h1-6,16-17H,7-9H2. The van der Waals surface area contributed by atoms with Gasteiger partial charge in [0.1, 0.15) is 0 Å². The molecule has 0 fully saturated rings. The first kappa shape index (κ1) is 10.5. The minimum Gasteiger partial charge on any atom is -0.392 e. The first-order valence-electron chi connectivity index (χ1n) is 5.78. The quantitative estimate of drug-likeness (QED) is 0.703. The highest BCUT2D eigenvalue weighted by Crippen LogP contribution is 2.38. The van der Waals surface area contributed by atoms with Crippen molar-refractivity contribution >= 4 is 0 Å². The van der Waals surface area contributed by atoms with Gasteiger partial charge in [0.05, 0.1) is 13.2 Å². The molecular weight excluding hydrogens is 212 g/mol. The summed E-state index contributed by atoms with van der Waals surface area (Å²) in [4.78, 5) is 0. The van der Waals surface area contributed by atoms with Crippen LogP contribution in [0.1, 0.15) is 22.3 Å². The lowest BCUT2D eigenvalue weighted by Gasteiger charge is -2.04. The van der Waals surface area contributed by atoms with Crippen molar-refractivity contribution in [2.45, 2.75) is 19.6 Å². The zero-order chi connectivity index (χ0) is 11.8. The number of fused-ring (bicyclic) bond motifs is 3. The number of benzene rings is 2. The van der Waals surface area contributed by atoms with E-state index in [2.05, 4.69) is 18.2 Å². The molecule has 2 aromatic rings. The molecule has 0 aromatic heterocycles. The van der Waals surface area contributed by atoms with E-state index in [0.29, 0.717) is 0 Å². The van der Waals surface area contributed by atoms with Gasteiger partial charge in [-0.3, -0.25) is 0 Å². The minimum absolute atomic E-state index is 0.0798. The normalized spacial score (nSPS) is 12.4. The lowest BCUT2D eigenvalue weighted by molar-refractivity contribution is 0.280. The highest BCUT2D eigenvalue weighted by molar-refractivity contribution is 5.78. The molecule has 86 valence electrons. The summed E-state index contributed by atoms with van der Waals surface area (Å²) >= 11 is 0. The van der Waals surface area contributed by atoms with E-state index in [-0.39, 0.29) is 13.2 Å². The monoisotopic (exact) mass is 226 g/mol. The second kappa shape index (κ2) is 3.99. The van der Waals surface area contributed by atoms with Gasteiger partial charge in [-0.15, -0.1) is 0 Å². The molecule has 0 aliphatic heterocycles. The molecule has 3 rings (SSSR count). The largest absolute Gasteiger partial charge is 0.392 e. The summed E-state index contributed by atoms with van der Waals surface area (Å²) < 4.78 is 0. The van der Waals surface area contributed by atoms with Crippen molar-refractivity contribution in [3.63, 3.8) is 0 Å². The first-order valence-corrected chi connectivity index (χ1v) is 5.78. The summed E-state index contributed by atoms with van der Waals surface area (Å²) in [6.45, 7) is 0.167. The van der Waals surface area contributed by atoms with E-state index in [1.54, 1.807) is 0 Å². The van der Waals surface area contributed by atoms with Crippen LogP contribution in [0.3, 0.4) is 0 Å². The molecule has 0 saturated heterocycles. The lowest BCUT2D eigenvalue weighted by atomic mass is 10.0. The smallest absolute Gasteiger partial charge is 0.0684 e. The number of hydrogen-bond donors (Lipinski definition) is 2. The fraction of sp³-hybridized carbons (Fsp3) is 0.200. The van der Waals surface area contributed by atoms with Crippen LogP contribution in [0.15, 0.2) is 36.4 Å². The molecule has 2 N–H and O–H groups in total. The molecule has 2 aromatic carbocycles. The van der Waals surface area contributed by atoms with Gasteiger partial charge in [-0.25, -0.2) is 0 Å². The van der Waals surface area contributed by atoms with Gasteiger partial charge in [-0.1, -0.05) is 36.4 Å². The zero-order valence-corrected chi connectivity index (χ0v) is 9.48. The number of aliphatic hydroxyl groups is 2. The predicted octanol–water partition coefficient (Wildman–Crippen LogP) is 2.24. The van der Waals surface area contributed by atoms with E-state index < -0.39 is 0 Å². The van der Waals surface area contributed by atoms with Gasteiger partial charge in [-0.05, 0) is 39.8 Å². The Bertz CT molecular complexity index is 573. The van der Waals surface area contributed by atoms with Gasteiger partial charge >= 0.3 is 0 Å². The maximum Gasteiger partial charge on any atom is 0.0684 e. The fourth-order valence-corrected chi connectivity index (χ4v) is 2.59. The Morgan fingerprint density at radius 1 is 0.941 bits per heavy atom. The van der Waals surface area contributed by atoms with Crippen molar-refractivity contribution in [2.24, 2.45) is 0 Å². The van der Waals surface area contributed by atoms with Gasteiger partial charge in [0.2, 0.25) is 0 Å². The molecule has 0 amide bonds. The van der Waals surface area contributed by atoms with Crippen LogP contribution in [0.2, 0.25) is 0 Å². The summed E-state index contributed by atoms with van der Waals surface area (Å²) in [5.41, 5.74) is 6.86. The van der Waals surface area contributed by atoms with Crippen molar-refractivity contribution < 1.29 is 10.2 Å². The predicted molar refractivity (Wildman–Crippen MR) is 66.5 cm³/mol. The third-order valence-electron chi connectivity index (χ3n) is 3.45. The Hall–Kier alpha value is -1.64. The lowest BCUT2D eigenvalue weighted by Crippen LogP contribution is -1.91. The Kier molecular flexibility index (Phi) is 2.46.